The van der Waals surface area contributed by atoms with Crippen LogP contribution in [-0.2, 0) is 28.5 Å². The number of ketones is 1. The van der Waals surface area contributed by atoms with Gasteiger partial charge >= 0.3 is 0 Å². The lowest BCUT2D eigenvalue weighted by atomic mass is 9.42. The zero-order chi connectivity index (χ0) is 40.4. The fourth-order valence-electron chi connectivity index (χ4n) is 12.4. The van der Waals surface area contributed by atoms with E-state index in [2.05, 4.69) is 34.6 Å². The van der Waals surface area contributed by atoms with Gasteiger partial charge in [-0.15, -0.1) is 0 Å². The number of aliphatic hydroxyl groups is 9. The molecule has 0 bridgehead atoms. The summed E-state index contributed by atoms with van der Waals surface area (Å²) in [7, 11) is 1.42. The lowest BCUT2D eigenvalue weighted by molar-refractivity contribution is -0.296. The molecule has 4 saturated carbocycles. The van der Waals surface area contributed by atoms with Crippen LogP contribution in [0.2, 0.25) is 0 Å². The predicted octanol–water partition coefficient (Wildman–Crippen LogP) is -0.136. The zero-order valence-corrected chi connectivity index (χ0v) is 33.2. The van der Waals surface area contributed by atoms with Crippen molar-refractivity contribution in [2.45, 2.75) is 165 Å². The number of ether oxygens (including phenoxy) is 5. The molecule has 2 aliphatic heterocycles. The highest BCUT2D eigenvalue weighted by Crippen LogP contribution is 2.69. The van der Waals surface area contributed by atoms with E-state index in [-0.39, 0.29) is 67.0 Å². The Morgan fingerprint density at radius 1 is 0.891 bits per heavy atom. The maximum Gasteiger partial charge on any atom is 0.186 e. The largest absolute Gasteiger partial charge is 0.394 e. The Morgan fingerprint density at radius 3 is 2.24 bits per heavy atom. The molecule has 15 nitrogen and oxygen atoms in total. The number of aliphatic hydroxyl groups excluding tert-OH is 8. The third-order valence-electron chi connectivity index (χ3n) is 15.5. The summed E-state index contributed by atoms with van der Waals surface area (Å²) in [5.74, 6) is -1.68. The van der Waals surface area contributed by atoms with E-state index in [1.165, 1.54) is 7.11 Å². The number of hydrogen-bond acceptors (Lipinski definition) is 15. The first-order chi connectivity index (χ1) is 25.8. The minimum absolute atomic E-state index is 0.0119. The molecule has 2 saturated heterocycles. The molecule has 318 valence electrons. The van der Waals surface area contributed by atoms with Gasteiger partial charge < -0.3 is 69.6 Å². The summed E-state index contributed by atoms with van der Waals surface area (Å²) in [5, 5.41) is 96.9. The van der Waals surface area contributed by atoms with E-state index in [1.54, 1.807) is 0 Å². The van der Waals surface area contributed by atoms with Crippen molar-refractivity contribution in [1.82, 2.24) is 0 Å². The van der Waals surface area contributed by atoms with E-state index >= 15 is 0 Å². The molecule has 0 aromatic rings. The fourth-order valence-corrected chi connectivity index (χ4v) is 12.4. The summed E-state index contributed by atoms with van der Waals surface area (Å²) in [6, 6.07) is 0. The molecule has 0 radical (unpaired) electrons. The van der Waals surface area contributed by atoms with Crippen molar-refractivity contribution in [3.05, 3.63) is 0 Å². The van der Waals surface area contributed by atoms with Crippen molar-refractivity contribution < 1.29 is 74.4 Å². The Hall–Kier alpha value is -0.890. The molecule has 0 spiro atoms. The average molecular weight is 789 g/mol. The summed E-state index contributed by atoms with van der Waals surface area (Å²) >= 11 is 0. The van der Waals surface area contributed by atoms with Crippen LogP contribution in [0.3, 0.4) is 0 Å². The number of fused-ring (bicyclic) bond motifs is 5. The van der Waals surface area contributed by atoms with Gasteiger partial charge in [-0.05, 0) is 85.4 Å². The smallest absolute Gasteiger partial charge is 0.186 e. The molecule has 6 rings (SSSR count). The molecular formula is C40H68O15. The van der Waals surface area contributed by atoms with Crippen LogP contribution in [-0.4, -0.2) is 158 Å². The third kappa shape index (κ3) is 7.60. The Labute approximate surface area is 324 Å². The number of hydrogen-bond donors (Lipinski definition) is 9. The summed E-state index contributed by atoms with van der Waals surface area (Å²) in [6.45, 7) is 9.80. The number of methoxy groups -OCH3 is 1. The van der Waals surface area contributed by atoms with Crippen LogP contribution in [0.4, 0.5) is 0 Å². The van der Waals surface area contributed by atoms with E-state index in [0.29, 0.717) is 44.9 Å². The topological polar surface area (TPSA) is 245 Å². The molecule has 6 fully saturated rings. The number of rotatable bonds is 13. The molecule has 0 aromatic heterocycles. The highest BCUT2D eigenvalue weighted by atomic mass is 16.7. The van der Waals surface area contributed by atoms with E-state index in [0.717, 1.165) is 0 Å². The first-order valence-electron chi connectivity index (χ1n) is 20.5. The number of Topliss-reactive ketones (excluding diaryl/α,β-unsaturated/α-hetero) is 1. The van der Waals surface area contributed by atoms with Crippen molar-refractivity contribution in [3.63, 3.8) is 0 Å². The minimum atomic E-state index is -1.51. The van der Waals surface area contributed by atoms with Crippen molar-refractivity contribution in [1.29, 1.82) is 0 Å². The SMILES string of the molecule is CO[C@H]1[C@H](O[C@H]2CC[C@@]3(C)C(C2)C(=O)C[C@]2(O)C3CC[C@@]3(C)C2C(O)[C@H](O)[C@@H]3[C@H](C)CCC(CO[C@@H]2O[C@@H](C(O)CO)[C@@H](O)[C@H]2O)C(C)C)OC[C@@H](O)[C@@H]1O. The molecule has 6 aliphatic rings. The Morgan fingerprint density at radius 2 is 1.58 bits per heavy atom. The molecule has 4 aliphatic carbocycles. The standard InChI is InChI=1S/C40H68O15/c1-18(2)20(16-52-36-32(49)30(47)33(55-36)24(43)15-41)8-7-19(3)27-29(46)31(48)35-39(27,5)12-10-26-38(4)11-9-21(13-22(38)23(42)14-40(26,35)50)54-37-34(51-6)28(45)25(44)17-53-37/h18-22,24-37,41,43-50H,7-17H2,1-6H3/t19-,20?,21+,22?,24?,25-,26?,27+,28+,29-,30+,31?,32-,33+,34-,35?,36-,37+,38+,39-,40+/m1/s1. The molecule has 9 N–H and O–H groups in total. The van der Waals surface area contributed by atoms with E-state index in [4.69, 9.17) is 23.7 Å². The lowest BCUT2D eigenvalue weighted by Crippen LogP contribution is -2.68. The van der Waals surface area contributed by atoms with Gasteiger partial charge in [-0.1, -0.05) is 34.6 Å². The molecule has 21 atom stereocenters. The summed E-state index contributed by atoms with van der Waals surface area (Å²) in [4.78, 5) is 14.2. The molecule has 6 unspecified atom stereocenters. The summed E-state index contributed by atoms with van der Waals surface area (Å²) < 4.78 is 28.8. The zero-order valence-electron chi connectivity index (χ0n) is 33.2. The van der Waals surface area contributed by atoms with Crippen LogP contribution < -0.4 is 0 Å². The third-order valence-corrected chi connectivity index (χ3v) is 15.5. The first kappa shape index (κ1) is 43.7. The monoisotopic (exact) mass is 788 g/mol. The molecular weight excluding hydrogens is 720 g/mol. The highest BCUT2D eigenvalue weighted by Gasteiger charge is 2.73. The normalized spacial score (nSPS) is 50.3. The average Bonchev–Trinajstić information content (AvgIpc) is 3.53. The highest BCUT2D eigenvalue weighted by molar-refractivity contribution is 5.84. The van der Waals surface area contributed by atoms with E-state index < -0.39 is 96.5 Å². The van der Waals surface area contributed by atoms with Crippen molar-refractivity contribution in [3.8, 4) is 0 Å². The summed E-state index contributed by atoms with van der Waals surface area (Å²) in [5.41, 5.74) is -2.71. The Balaban J connectivity index is 1.11. The number of carbonyl (C=O) groups is 1. The second-order valence-corrected chi connectivity index (χ2v) is 18.9. The second kappa shape index (κ2) is 16.6. The van der Waals surface area contributed by atoms with E-state index in [9.17, 15) is 50.8 Å². The maximum absolute atomic E-state index is 14.2. The van der Waals surface area contributed by atoms with Gasteiger partial charge in [0.15, 0.2) is 12.6 Å². The summed E-state index contributed by atoms with van der Waals surface area (Å²) in [6.07, 6.45) is -9.02. The molecule has 55 heavy (non-hydrogen) atoms. The quantitative estimate of drug-likeness (QED) is 0.110. The molecule has 0 aromatic carbocycles. The fraction of sp³-hybridized carbons (Fsp3) is 0.975. The van der Waals surface area contributed by atoms with Crippen LogP contribution in [0.1, 0.15) is 86.0 Å². The van der Waals surface area contributed by atoms with Gasteiger partial charge in [-0.25, -0.2) is 0 Å². The lowest BCUT2D eigenvalue weighted by Gasteiger charge is -2.64. The molecule has 2 heterocycles. The Kier molecular flexibility index (Phi) is 13.2. The van der Waals surface area contributed by atoms with Crippen molar-refractivity contribution in [2.24, 2.45) is 52.3 Å². The van der Waals surface area contributed by atoms with Gasteiger partial charge in [0, 0.05) is 25.4 Å². The van der Waals surface area contributed by atoms with Gasteiger partial charge in [0.2, 0.25) is 0 Å². The van der Waals surface area contributed by atoms with E-state index in [1.807, 2.05) is 0 Å². The van der Waals surface area contributed by atoms with Gasteiger partial charge in [0.25, 0.3) is 0 Å². The van der Waals surface area contributed by atoms with Crippen molar-refractivity contribution >= 4 is 5.78 Å². The predicted molar refractivity (Wildman–Crippen MR) is 194 cm³/mol. The van der Waals surface area contributed by atoms with Crippen LogP contribution in [0.25, 0.3) is 0 Å². The van der Waals surface area contributed by atoms with Gasteiger partial charge in [-0.2, -0.15) is 0 Å². The van der Waals surface area contributed by atoms with Crippen LogP contribution in [0.5, 0.6) is 0 Å². The molecule has 15 heteroatoms. The first-order valence-corrected chi connectivity index (χ1v) is 20.5. The van der Waals surface area contributed by atoms with Crippen LogP contribution in [0.15, 0.2) is 0 Å². The maximum atomic E-state index is 14.2. The molecule has 0 amide bonds. The van der Waals surface area contributed by atoms with Crippen LogP contribution in [0, 0.1) is 52.3 Å². The van der Waals surface area contributed by atoms with Gasteiger partial charge in [0.1, 0.15) is 48.5 Å². The van der Waals surface area contributed by atoms with Crippen molar-refractivity contribution in [2.75, 3.05) is 26.9 Å². The van der Waals surface area contributed by atoms with Gasteiger partial charge in [0.05, 0.1) is 43.7 Å². The number of carbonyl (C=O) groups excluding carboxylic acids is 1. The van der Waals surface area contributed by atoms with Gasteiger partial charge in [-0.3, -0.25) is 4.79 Å². The minimum Gasteiger partial charge on any atom is -0.394 e. The Bertz CT molecular complexity index is 1320. The second-order valence-electron chi connectivity index (χ2n) is 18.9. The van der Waals surface area contributed by atoms with Crippen LogP contribution >= 0.6 is 0 Å².